The number of nitrogens with zero attached hydrogens (tertiary/aromatic N) is 1. The standard InChI is InChI=1S/C15H17F3N2O2/c16-15(17,18)10-22-13(21)20-7-5-14(6-8-20)9-19-12-4-2-1-3-11(12)14/h1-4,19H,5-10H2. The SMILES string of the molecule is O=C(OCC(F)(F)F)N1CCC2(CC1)CNc1ccccc12. The molecule has 0 radical (unpaired) electrons. The lowest BCUT2D eigenvalue weighted by Gasteiger charge is -2.38. The summed E-state index contributed by atoms with van der Waals surface area (Å²) in [7, 11) is 0. The summed E-state index contributed by atoms with van der Waals surface area (Å²) >= 11 is 0. The third-order valence-electron chi connectivity index (χ3n) is 4.45. The van der Waals surface area contributed by atoms with E-state index in [1.54, 1.807) is 0 Å². The minimum Gasteiger partial charge on any atom is -0.440 e. The van der Waals surface area contributed by atoms with Crippen molar-refractivity contribution in [3.8, 4) is 0 Å². The number of likely N-dealkylation sites (tertiary alicyclic amines) is 1. The Balaban J connectivity index is 1.61. The van der Waals surface area contributed by atoms with Gasteiger partial charge in [-0.05, 0) is 24.5 Å². The van der Waals surface area contributed by atoms with Crippen LogP contribution in [0, 0.1) is 0 Å². The van der Waals surface area contributed by atoms with E-state index >= 15 is 0 Å². The van der Waals surface area contributed by atoms with Crippen molar-refractivity contribution >= 4 is 11.8 Å². The van der Waals surface area contributed by atoms with Crippen molar-refractivity contribution in [1.82, 2.24) is 4.90 Å². The summed E-state index contributed by atoms with van der Waals surface area (Å²) in [6, 6.07) is 8.05. The number of anilines is 1. The van der Waals surface area contributed by atoms with Crippen molar-refractivity contribution in [2.45, 2.75) is 24.4 Å². The lowest BCUT2D eigenvalue weighted by atomic mass is 9.74. The van der Waals surface area contributed by atoms with E-state index in [0.29, 0.717) is 13.1 Å². The Kier molecular flexibility index (Phi) is 3.66. The highest BCUT2D eigenvalue weighted by Gasteiger charge is 2.42. The molecule has 2 aliphatic heterocycles. The lowest BCUT2D eigenvalue weighted by molar-refractivity contribution is -0.162. The molecule has 1 fully saturated rings. The molecule has 22 heavy (non-hydrogen) atoms. The second kappa shape index (κ2) is 5.37. The predicted molar refractivity (Wildman–Crippen MR) is 74.8 cm³/mol. The number of benzene rings is 1. The molecule has 0 unspecified atom stereocenters. The zero-order chi connectivity index (χ0) is 15.8. The topological polar surface area (TPSA) is 41.6 Å². The van der Waals surface area contributed by atoms with Gasteiger partial charge in [0.25, 0.3) is 0 Å². The molecule has 3 rings (SSSR count). The number of carbonyl (C=O) groups excluding carboxylic acids is 1. The first-order valence-corrected chi connectivity index (χ1v) is 7.22. The van der Waals surface area contributed by atoms with Crippen LogP contribution in [-0.4, -0.2) is 43.4 Å². The van der Waals surface area contributed by atoms with Crippen molar-refractivity contribution in [1.29, 1.82) is 0 Å². The van der Waals surface area contributed by atoms with E-state index in [1.165, 1.54) is 10.5 Å². The highest BCUT2D eigenvalue weighted by atomic mass is 19.4. The Hall–Kier alpha value is -1.92. The van der Waals surface area contributed by atoms with Crippen LogP contribution in [0.1, 0.15) is 18.4 Å². The molecule has 4 nitrogen and oxygen atoms in total. The zero-order valence-electron chi connectivity index (χ0n) is 11.9. The van der Waals surface area contributed by atoms with Crippen molar-refractivity contribution in [3.05, 3.63) is 29.8 Å². The molecule has 0 atom stereocenters. The molecule has 1 saturated heterocycles. The summed E-state index contributed by atoms with van der Waals surface area (Å²) in [6.07, 6.45) is -3.93. The number of alkyl halides is 3. The average molecular weight is 314 g/mol. The molecule has 120 valence electrons. The quantitative estimate of drug-likeness (QED) is 0.866. The van der Waals surface area contributed by atoms with Gasteiger partial charge in [-0.3, -0.25) is 0 Å². The molecule has 0 bridgehead atoms. The van der Waals surface area contributed by atoms with E-state index < -0.39 is 18.9 Å². The molecular weight excluding hydrogens is 297 g/mol. The summed E-state index contributed by atoms with van der Waals surface area (Å²) in [5, 5.41) is 3.37. The normalized spacial score (nSPS) is 19.7. The third-order valence-corrected chi connectivity index (χ3v) is 4.45. The molecule has 1 spiro atoms. The summed E-state index contributed by atoms with van der Waals surface area (Å²) in [5.74, 6) is 0. The Labute approximate surface area is 126 Å². The Morgan fingerprint density at radius 3 is 2.64 bits per heavy atom. The monoisotopic (exact) mass is 314 g/mol. The van der Waals surface area contributed by atoms with Crippen LogP contribution in [0.5, 0.6) is 0 Å². The molecule has 1 aromatic rings. The van der Waals surface area contributed by atoms with Gasteiger partial charge in [0.05, 0.1) is 0 Å². The summed E-state index contributed by atoms with van der Waals surface area (Å²) in [5.41, 5.74) is 2.31. The molecule has 7 heteroatoms. The minimum atomic E-state index is -4.49. The van der Waals surface area contributed by atoms with Gasteiger partial charge in [-0.25, -0.2) is 4.79 Å². The summed E-state index contributed by atoms with van der Waals surface area (Å²) in [6.45, 7) is 0.0923. The number of rotatable bonds is 1. The van der Waals surface area contributed by atoms with E-state index in [1.807, 2.05) is 18.2 Å². The van der Waals surface area contributed by atoms with Gasteiger partial charge >= 0.3 is 12.3 Å². The van der Waals surface area contributed by atoms with Gasteiger partial charge in [-0.15, -0.1) is 0 Å². The fourth-order valence-corrected chi connectivity index (χ4v) is 3.26. The van der Waals surface area contributed by atoms with Gasteiger partial charge < -0.3 is 15.0 Å². The number of amides is 1. The Bertz CT molecular complexity index is 566. The number of hydrogen-bond acceptors (Lipinski definition) is 3. The van der Waals surface area contributed by atoms with Crippen LogP contribution in [0.15, 0.2) is 24.3 Å². The summed E-state index contributed by atoms with van der Waals surface area (Å²) < 4.78 is 40.6. The van der Waals surface area contributed by atoms with Crippen LogP contribution < -0.4 is 5.32 Å². The molecule has 1 aromatic carbocycles. The van der Waals surface area contributed by atoms with Gasteiger partial charge in [0, 0.05) is 30.7 Å². The highest BCUT2D eigenvalue weighted by molar-refractivity contribution is 5.68. The lowest BCUT2D eigenvalue weighted by Crippen LogP contribution is -2.46. The van der Waals surface area contributed by atoms with Gasteiger partial charge in [0.1, 0.15) is 0 Å². The van der Waals surface area contributed by atoms with Crippen LogP contribution in [0.2, 0.25) is 0 Å². The summed E-state index contributed by atoms with van der Waals surface area (Å²) in [4.78, 5) is 13.0. The molecule has 1 amide bonds. The molecule has 0 aliphatic carbocycles. The second-order valence-corrected chi connectivity index (χ2v) is 5.84. The van der Waals surface area contributed by atoms with Crippen molar-refractivity contribution in [2.24, 2.45) is 0 Å². The second-order valence-electron chi connectivity index (χ2n) is 5.84. The minimum absolute atomic E-state index is 0.0304. The number of halogens is 3. The highest BCUT2D eigenvalue weighted by Crippen LogP contribution is 2.43. The molecule has 2 aliphatic rings. The van der Waals surface area contributed by atoms with E-state index in [0.717, 1.165) is 25.1 Å². The first kappa shape index (κ1) is 15.0. The molecule has 1 N–H and O–H groups in total. The first-order chi connectivity index (χ1) is 10.4. The van der Waals surface area contributed by atoms with Crippen LogP contribution in [0.3, 0.4) is 0 Å². The van der Waals surface area contributed by atoms with Crippen LogP contribution in [-0.2, 0) is 10.2 Å². The first-order valence-electron chi connectivity index (χ1n) is 7.22. The Morgan fingerprint density at radius 2 is 1.95 bits per heavy atom. The van der Waals surface area contributed by atoms with Gasteiger partial charge in [-0.2, -0.15) is 13.2 Å². The maximum absolute atomic E-state index is 12.1. The number of hydrogen-bond donors (Lipinski definition) is 1. The van der Waals surface area contributed by atoms with Crippen molar-refractivity contribution in [3.63, 3.8) is 0 Å². The number of ether oxygens (including phenoxy) is 1. The van der Waals surface area contributed by atoms with Gasteiger partial charge in [0.15, 0.2) is 6.61 Å². The average Bonchev–Trinajstić information content (AvgIpc) is 2.84. The van der Waals surface area contributed by atoms with E-state index in [9.17, 15) is 18.0 Å². The number of para-hydroxylation sites is 1. The predicted octanol–water partition coefficient (Wildman–Crippen LogP) is 3.14. The van der Waals surface area contributed by atoms with E-state index in [-0.39, 0.29) is 5.41 Å². The van der Waals surface area contributed by atoms with Crippen molar-refractivity contribution in [2.75, 3.05) is 31.6 Å². The Morgan fingerprint density at radius 1 is 1.27 bits per heavy atom. The van der Waals surface area contributed by atoms with Gasteiger partial charge in [0.2, 0.25) is 0 Å². The number of carbonyl (C=O) groups is 1. The number of nitrogens with one attached hydrogen (secondary N) is 1. The van der Waals surface area contributed by atoms with Crippen LogP contribution in [0.25, 0.3) is 0 Å². The number of fused-ring (bicyclic) bond motifs is 2. The molecule has 2 heterocycles. The van der Waals surface area contributed by atoms with Gasteiger partial charge in [-0.1, -0.05) is 18.2 Å². The zero-order valence-corrected chi connectivity index (χ0v) is 11.9. The molecule has 0 saturated carbocycles. The van der Waals surface area contributed by atoms with Crippen LogP contribution in [0.4, 0.5) is 23.7 Å². The largest absolute Gasteiger partial charge is 0.440 e. The maximum Gasteiger partial charge on any atom is 0.422 e. The van der Waals surface area contributed by atoms with E-state index in [2.05, 4.69) is 16.1 Å². The fourth-order valence-electron chi connectivity index (χ4n) is 3.26. The van der Waals surface area contributed by atoms with Crippen molar-refractivity contribution < 1.29 is 22.7 Å². The maximum atomic E-state index is 12.1. The molecular formula is C15H17F3N2O2. The van der Waals surface area contributed by atoms with Crippen LogP contribution >= 0.6 is 0 Å². The smallest absolute Gasteiger partial charge is 0.422 e. The number of piperidine rings is 1. The fraction of sp³-hybridized carbons (Fsp3) is 0.533. The van der Waals surface area contributed by atoms with E-state index in [4.69, 9.17) is 0 Å². The molecule has 0 aromatic heterocycles. The third kappa shape index (κ3) is 2.84.